The summed E-state index contributed by atoms with van der Waals surface area (Å²) < 4.78 is 6.29. The van der Waals surface area contributed by atoms with Crippen LogP contribution in [0.3, 0.4) is 0 Å². The van der Waals surface area contributed by atoms with E-state index in [4.69, 9.17) is 4.74 Å². The van der Waals surface area contributed by atoms with Crippen molar-refractivity contribution < 1.29 is 4.74 Å². The average molecular weight is 250 g/mol. The molecule has 0 amide bonds. The summed E-state index contributed by atoms with van der Waals surface area (Å²) >= 11 is 6.18. The molecule has 0 bridgehead atoms. The lowest BCUT2D eigenvalue weighted by molar-refractivity contribution is 0.0274. The van der Waals surface area contributed by atoms with Crippen LogP contribution in [0.5, 0.6) is 0 Å². The van der Waals surface area contributed by atoms with Crippen molar-refractivity contribution >= 4 is 35.3 Å². The molecule has 2 aliphatic heterocycles. The number of hydrogen-bond donors (Lipinski definition) is 0. The monoisotopic (exact) mass is 250 g/mol. The molecule has 0 aromatic carbocycles. The Morgan fingerprint density at radius 2 is 1.57 bits per heavy atom. The second-order valence-electron chi connectivity index (χ2n) is 3.99. The third-order valence-electron chi connectivity index (χ3n) is 2.91. The lowest BCUT2D eigenvalue weighted by Crippen LogP contribution is -2.48. The van der Waals surface area contributed by atoms with E-state index >= 15 is 0 Å². The van der Waals surface area contributed by atoms with Gasteiger partial charge in [-0.25, -0.2) is 0 Å². The highest BCUT2D eigenvalue weighted by molar-refractivity contribution is 8.20. The van der Waals surface area contributed by atoms with E-state index in [1.807, 2.05) is 11.8 Å². The molecule has 0 spiro atoms. The van der Waals surface area contributed by atoms with Gasteiger partial charge in [-0.05, 0) is 43.9 Å². The van der Waals surface area contributed by atoms with Crippen LogP contribution in [0.4, 0.5) is 0 Å². The molecule has 2 aliphatic rings. The third kappa shape index (κ3) is 2.08. The first-order valence-corrected chi connectivity index (χ1v) is 8.18. The molecule has 0 aliphatic carbocycles. The first-order valence-electron chi connectivity index (χ1n) is 5.22. The Balaban J connectivity index is 2.09. The van der Waals surface area contributed by atoms with Crippen LogP contribution in [0.2, 0.25) is 0 Å². The van der Waals surface area contributed by atoms with Crippen LogP contribution in [-0.2, 0) is 4.74 Å². The van der Waals surface area contributed by atoms with Gasteiger partial charge in [-0.2, -0.15) is 0 Å². The Kier molecular flexibility index (Phi) is 3.68. The minimum atomic E-state index is 0.0288. The molecule has 1 atom stereocenters. The summed E-state index contributed by atoms with van der Waals surface area (Å²) in [7, 11) is 0. The zero-order valence-electron chi connectivity index (χ0n) is 8.88. The van der Waals surface area contributed by atoms with Gasteiger partial charge in [-0.15, -0.1) is 35.3 Å². The summed E-state index contributed by atoms with van der Waals surface area (Å²) in [6.07, 6.45) is 2.57. The molecule has 2 rings (SSSR count). The second-order valence-corrected chi connectivity index (χ2v) is 8.75. The molecule has 0 N–H and O–H groups in total. The Labute approximate surface area is 99.5 Å². The molecule has 2 saturated heterocycles. The first kappa shape index (κ1) is 11.5. The van der Waals surface area contributed by atoms with Gasteiger partial charge in [0.2, 0.25) is 0 Å². The zero-order valence-corrected chi connectivity index (χ0v) is 11.3. The van der Waals surface area contributed by atoms with Gasteiger partial charge in [-0.1, -0.05) is 0 Å². The molecule has 1 unspecified atom stereocenters. The maximum absolute atomic E-state index is 6.03. The highest BCUT2D eigenvalue weighted by atomic mass is 32.2. The predicted molar refractivity (Wildman–Crippen MR) is 69.4 cm³/mol. The minimum absolute atomic E-state index is 0.0288. The number of ether oxygens (including phenoxy) is 1. The van der Waals surface area contributed by atoms with Crippen LogP contribution in [0.15, 0.2) is 0 Å². The molecule has 82 valence electrons. The summed E-state index contributed by atoms with van der Waals surface area (Å²) in [6, 6.07) is 0. The summed E-state index contributed by atoms with van der Waals surface area (Å²) in [6.45, 7) is 5.59. The van der Waals surface area contributed by atoms with Crippen molar-refractivity contribution in [2.45, 2.75) is 35.7 Å². The van der Waals surface area contributed by atoms with Gasteiger partial charge in [0.25, 0.3) is 0 Å². The minimum Gasteiger partial charge on any atom is -0.362 e. The molecule has 4 heteroatoms. The molecule has 1 nitrogen and oxygen atoms in total. The third-order valence-corrected chi connectivity index (χ3v) is 8.31. The molecule has 2 heterocycles. The smallest absolute Gasteiger partial charge is 0.134 e. The maximum atomic E-state index is 6.03. The normalized spacial score (nSPS) is 38.1. The fraction of sp³-hybridized carbons (Fsp3) is 1.00. The quantitative estimate of drug-likeness (QED) is 0.704. The SMILES string of the molecule is CC1(C2(C)SCCCS2)OCCCS1. The van der Waals surface area contributed by atoms with Gasteiger partial charge < -0.3 is 4.74 Å². The molecule has 0 radical (unpaired) electrons. The lowest BCUT2D eigenvalue weighted by Gasteiger charge is -2.48. The van der Waals surface area contributed by atoms with Gasteiger partial charge in [0, 0.05) is 6.61 Å². The van der Waals surface area contributed by atoms with Crippen LogP contribution < -0.4 is 0 Å². The van der Waals surface area contributed by atoms with Gasteiger partial charge in [-0.3, -0.25) is 0 Å². The maximum Gasteiger partial charge on any atom is 0.134 e. The van der Waals surface area contributed by atoms with Gasteiger partial charge >= 0.3 is 0 Å². The predicted octanol–water partition coefficient (Wildman–Crippen LogP) is 3.44. The van der Waals surface area contributed by atoms with E-state index in [2.05, 4.69) is 37.4 Å². The first-order chi connectivity index (χ1) is 6.66. The Bertz CT molecular complexity index is 174. The molecule has 14 heavy (non-hydrogen) atoms. The van der Waals surface area contributed by atoms with Crippen molar-refractivity contribution in [3.8, 4) is 0 Å². The molecule has 0 saturated carbocycles. The topological polar surface area (TPSA) is 9.23 Å². The van der Waals surface area contributed by atoms with Crippen molar-refractivity contribution in [2.24, 2.45) is 0 Å². The molecule has 0 aromatic heterocycles. The van der Waals surface area contributed by atoms with Gasteiger partial charge in [0.15, 0.2) is 0 Å². The average Bonchev–Trinajstić information content (AvgIpc) is 2.20. The number of hydrogen-bond acceptors (Lipinski definition) is 4. The summed E-state index contributed by atoms with van der Waals surface area (Å²) in [5.41, 5.74) is 0. The van der Waals surface area contributed by atoms with Crippen molar-refractivity contribution in [1.82, 2.24) is 0 Å². The van der Waals surface area contributed by atoms with Crippen LogP contribution in [0.1, 0.15) is 26.7 Å². The highest BCUT2D eigenvalue weighted by Crippen LogP contribution is 2.55. The van der Waals surface area contributed by atoms with Crippen LogP contribution in [-0.4, -0.2) is 32.9 Å². The summed E-state index contributed by atoms with van der Waals surface area (Å²) in [5.74, 6) is 3.85. The van der Waals surface area contributed by atoms with E-state index in [-0.39, 0.29) is 9.01 Å². The Morgan fingerprint density at radius 3 is 2.14 bits per heavy atom. The Hall–Kier alpha value is 1.01. The fourth-order valence-electron chi connectivity index (χ4n) is 1.79. The zero-order chi connectivity index (χ0) is 10.1. The number of thioether (sulfide) groups is 3. The standard InChI is InChI=1S/C10H18OS3/c1-9(11-5-3-6-12-9)10(2)13-7-4-8-14-10/h3-8H2,1-2H3. The second kappa shape index (κ2) is 4.48. The largest absolute Gasteiger partial charge is 0.362 e. The van der Waals surface area contributed by atoms with Crippen LogP contribution >= 0.6 is 35.3 Å². The van der Waals surface area contributed by atoms with Crippen LogP contribution in [0.25, 0.3) is 0 Å². The van der Waals surface area contributed by atoms with E-state index in [0.29, 0.717) is 0 Å². The van der Waals surface area contributed by atoms with Crippen molar-refractivity contribution in [1.29, 1.82) is 0 Å². The highest BCUT2D eigenvalue weighted by Gasteiger charge is 2.49. The summed E-state index contributed by atoms with van der Waals surface area (Å²) in [4.78, 5) is 0.0288. The Morgan fingerprint density at radius 1 is 0.929 bits per heavy atom. The molecule has 0 aromatic rings. The molecular formula is C10H18OS3. The van der Waals surface area contributed by atoms with E-state index in [0.717, 1.165) is 6.61 Å². The lowest BCUT2D eigenvalue weighted by atomic mass is 10.3. The molecular weight excluding hydrogens is 232 g/mol. The van der Waals surface area contributed by atoms with Gasteiger partial charge in [0.1, 0.15) is 4.93 Å². The van der Waals surface area contributed by atoms with E-state index in [1.54, 1.807) is 0 Å². The van der Waals surface area contributed by atoms with Crippen molar-refractivity contribution in [3.63, 3.8) is 0 Å². The van der Waals surface area contributed by atoms with E-state index in [9.17, 15) is 0 Å². The van der Waals surface area contributed by atoms with Gasteiger partial charge in [0.05, 0.1) is 4.08 Å². The van der Waals surface area contributed by atoms with Crippen molar-refractivity contribution in [3.05, 3.63) is 0 Å². The fourth-order valence-corrected chi connectivity index (χ4v) is 6.60. The summed E-state index contributed by atoms with van der Waals surface area (Å²) in [5, 5.41) is 0. The van der Waals surface area contributed by atoms with E-state index in [1.165, 1.54) is 30.1 Å². The van der Waals surface area contributed by atoms with Crippen molar-refractivity contribution in [2.75, 3.05) is 23.9 Å². The van der Waals surface area contributed by atoms with E-state index < -0.39 is 0 Å². The van der Waals surface area contributed by atoms with Crippen LogP contribution in [0, 0.1) is 0 Å². The number of rotatable bonds is 1. The molecule has 2 fully saturated rings.